The predicted molar refractivity (Wildman–Crippen MR) is 108 cm³/mol. The van der Waals surface area contributed by atoms with E-state index in [0.29, 0.717) is 12.2 Å². The molecule has 1 aliphatic heterocycles. The van der Waals surface area contributed by atoms with Gasteiger partial charge in [0.15, 0.2) is 6.61 Å². The Bertz CT molecular complexity index is 663. The second-order valence-corrected chi connectivity index (χ2v) is 7.44. The average molecular weight is 389 g/mol. The fourth-order valence-corrected chi connectivity index (χ4v) is 3.39. The van der Waals surface area contributed by atoms with Gasteiger partial charge in [0, 0.05) is 18.3 Å². The number of nitrogens with one attached hydrogen (secondary N) is 2. The fraction of sp³-hybridized carbons (Fsp3) is 0.571. The van der Waals surface area contributed by atoms with Gasteiger partial charge in [-0.15, -0.1) is 0 Å². The number of rotatable bonds is 7. The minimum Gasteiger partial charge on any atom is -0.454 e. The van der Waals surface area contributed by atoms with E-state index >= 15 is 0 Å². The molecule has 7 heteroatoms. The first-order chi connectivity index (χ1) is 13.4. The largest absolute Gasteiger partial charge is 0.454 e. The number of esters is 1. The van der Waals surface area contributed by atoms with Crippen LogP contribution in [0.1, 0.15) is 46.5 Å². The summed E-state index contributed by atoms with van der Waals surface area (Å²) in [5.41, 5.74) is 0.627. The van der Waals surface area contributed by atoms with E-state index in [1.807, 2.05) is 24.8 Å². The fourth-order valence-electron chi connectivity index (χ4n) is 3.39. The minimum absolute atomic E-state index is 0.170. The molecule has 2 N–H and O–H groups in total. The van der Waals surface area contributed by atoms with E-state index < -0.39 is 18.0 Å². The highest BCUT2D eigenvalue weighted by atomic mass is 16.5. The van der Waals surface area contributed by atoms with Crippen molar-refractivity contribution in [2.75, 3.05) is 18.5 Å². The second kappa shape index (κ2) is 10.7. The lowest BCUT2D eigenvalue weighted by atomic mass is 10.00. The molecular formula is C21H31N3O4. The van der Waals surface area contributed by atoms with Gasteiger partial charge >= 0.3 is 12.0 Å². The third-order valence-corrected chi connectivity index (χ3v) is 5.00. The van der Waals surface area contributed by atoms with Crippen LogP contribution < -0.4 is 10.6 Å². The van der Waals surface area contributed by atoms with Crippen LogP contribution >= 0.6 is 0 Å². The predicted octanol–water partition coefficient (Wildman–Crippen LogP) is 3.17. The van der Waals surface area contributed by atoms with Gasteiger partial charge < -0.3 is 20.3 Å². The first-order valence-electron chi connectivity index (χ1n) is 10.0. The molecule has 7 nitrogen and oxygen atoms in total. The molecule has 0 unspecified atom stereocenters. The van der Waals surface area contributed by atoms with Gasteiger partial charge in [-0.1, -0.05) is 39.0 Å². The van der Waals surface area contributed by atoms with Gasteiger partial charge in [0.1, 0.15) is 6.04 Å². The third kappa shape index (κ3) is 6.25. The molecule has 0 saturated carbocycles. The van der Waals surface area contributed by atoms with Crippen molar-refractivity contribution in [3.05, 3.63) is 30.3 Å². The lowest BCUT2D eigenvalue weighted by Crippen LogP contribution is -2.49. The summed E-state index contributed by atoms with van der Waals surface area (Å²) >= 11 is 0. The van der Waals surface area contributed by atoms with Gasteiger partial charge in [-0.3, -0.25) is 4.79 Å². The van der Waals surface area contributed by atoms with E-state index in [1.165, 1.54) is 0 Å². The molecule has 1 heterocycles. The van der Waals surface area contributed by atoms with E-state index in [4.69, 9.17) is 4.74 Å². The summed E-state index contributed by atoms with van der Waals surface area (Å²) in [4.78, 5) is 39.0. The van der Waals surface area contributed by atoms with Gasteiger partial charge in [-0.05, 0) is 43.7 Å². The van der Waals surface area contributed by atoms with Crippen LogP contribution in [0.4, 0.5) is 10.5 Å². The van der Waals surface area contributed by atoms with Crippen molar-refractivity contribution < 1.29 is 19.1 Å². The molecule has 0 aromatic heterocycles. The first kappa shape index (κ1) is 21.7. The van der Waals surface area contributed by atoms with Gasteiger partial charge in [0.05, 0.1) is 0 Å². The quantitative estimate of drug-likeness (QED) is 0.701. The maximum Gasteiger partial charge on any atom is 0.329 e. The Morgan fingerprint density at radius 1 is 1.18 bits per heavy atom. The summed E-state index contributed by atoms with van der Waals surface area (Å²) in [5.74, 6) is -0.949. The number of carbonyl (C=O) groups excluding carboxylic acids is 3. The monoisotopic (exact) mass is 389 g/mol. The highest BCUT2D eigenvalue weighted by molar-refractivity contribution is 5.93. The van der Waals surface area contributed by atoms with Crippen LogP contribution in [0.25, 0.3) is 0 Å². The number of hydrogen-bond acceptors (Lipinski definition) is 4. The van der Waals surface area contributed by atoms with Crippen molar-refractivity contribution in [2.24, 2.45) is 5.92 Å². The summed E-state index contributed by atoms with van der Waals surface area (Å²) in [7, 11) is 0. The number of carbonyl (C=O) groups is 3. The lowest BCUT2D eigenvalue weighted by molar-refractivity contribution is -0.155. The Balaban J connectivity index is 1.88. The highest BCUT2D eigenvalue weighted by Crippen LogP contribution is 2.19. The van der Waals surface area contributed by atoms with Crippen molar-refractivity contribution in [2.45, 2.75) is 58.5 Å². The normalized spacial score (nSPS) is 17.7. The molecule has 3 amide bonds. The smallest absolute Gasteiger partial charge is 0.329 e. The van der Waals surface area contributed by atoms with Crippen LogP contribution in [0.2, 0.25) is 0 Å². The molecule has 1 saturated heterocycles. The van der Waals surface area contributed by atoms with E-state index in [0.717, 1.165) is 25.7 Å². The molecule has 0 radical (unpaired) electrons. The number of likely N-dealkylation sites (tertiary alicyclic amines) is 1. The standard InChI is InChI=1S/C21H31N3O4/c1-4-17-12-8-9-13-24(17)18(25)14-28-20(26)19(15(2)3)23-21(27)22-16-10-6-5-7-11-16/h5-7,10-11,15,17,19H,4,8-9,12-14H2,1-3H3,(H2,22,23,27)/t17-,19+/m0/s1. The molecule has 1 aliphatic rings. The zero-order chi connectivity index (χ0) is 20.5. The van der Waals surface area contributed by atoms with Gasteiger partial charge in [-0.2, -0.15) is 0 Å². The van der Waals surface area contributed by atoms with Crippen molar-refractivity contribution in [1.29, 1.82) is 0 Å². The zero-order valence-electron chi connectivity index (χ0n) is 16.9. The second-order valence-electron chi connectivity index (χ2n) is 7.44. The van der Waals surface area contributed by atoms with Gasteiger partial charge in [0.2, 0.25) is 0 Å². The van der Waals surface area contributed by atoms with E-state index in [-0.39, 0.29) is 24.5 Å². The summed E-state index contributed by atoms with van der Waals surface area (Å²) in [6.45, 7) is 6.11. The number of para-hydroxylation sites is 1. The zero-order valence-corrected chi connectivity index (χ0v) is 16.9. The van der Waals surface area contributed by atoms with Crippen LogP contribution in [0.3, 0.4) is 0 Å². The van der Waals surface area contributed by atoms with Crippen LogP contribution in [0.5, 0.6) is 0 Å². The summed E-state index contributed by atoms with van der Waals surface area (Å²) in [5, 5.41) is 5.32. The van der Waals surface area contributed by atoms with Crippen molar-refractivity contribution in [3.63, 3.8) is 0 Å². The minimum atomic E-state index is -0.833. The number of piperidine rings is 1. The third-order valence-electron chi connectivity index (χ3n) is 5.00. The molecule has 28 heavy (non-hydrogen) atoms. The Hall–Kier alpha value is -2.57. The van der Waals surface area contributed by atoms with Crippen LogP contribution in [-0.4, -0.2) is 48.0 Å². The molecule has 1 fully saturated rings. The molecule has 0 aliphatic carbocycles. The van der Waals surface area contributed by atoms with E-state index in [2.05, 4.69) is 17.6 Å². The number of urea groups is 1. The molecule has 0 bridgehead atoms. The number of ether oxygens (including phenoxy) is 1. The number of anilines is 1. The first-order valence-corrected chi connectivity index (χ1v) is 10.0. The topological polar surface area (TPSA) is 87.7 Å². The molecule has 154 valence electrons. The Labute approximate surface area is 166 Å². The molecule has 0 spiro atoms. The van der Waals surface area contributed by atoms with Gasteiger partial charge in [0.25, 0.3) is 5.91 Å². The maximum absolute atomic E-state index is 12.5. The lowest BCUT2D eigenvalue weighted by Gasteiger charge is -2.35. The molecule has 1 aromatic carbocycles. The number of amides is 3. The van der Waals surface area contributed by atoms with Crippen LogP contribution in [-0.2, 0) is 14.3 Å². The van der Waals surface area contributed by atoms with E-state index in [9.17, 15) is 14.4 Å². The summed E-state index contributed by atoms with van der Waals surface area (Å²) in [6.07, 6.45) is 3.99. The number of nitrogens with zero attached hydrogens (tertiary/aromatic N) is 1. The van der Waals surface area contributed by atoms with Crippen LogP contribution in [0.15, 0.2) is 30.3 Å². The van der Waals surface area contributed by atoms with Crippen LogP contribution in [0, 0.1) is 5.92 Å². The average Bonchev–Trinajstić information content (AvgIpc) is 2.70. The molecule has 2 rings (SSSR count). The summed E-state index contributed by atoms with van der Waals surface area (Å²) in [6, 6.07) is 7.86. The highest BCUT2D eigenvalue weighted by Gasteiger charge is 2.29. The molecular weight excluding hydrogens is 358 g/mol. The Morgan fingerprint density at radius 2 is 1.89 bits per heavy atom. The Morgan fingerprint density at radius 3 is 2.54 bits per heavy atom. The van der Waals surface area contributed by atoms with E-state index in [1.54, 1.807) is 24.3 Å². The van der Waals surface area contributed by atoms with Gasteiger partial charge in [-0.25, -0.2) is 9.59 Å². The Kier molecular flexibility index (Phi) is 8.29. The number of benzene rings is 1. The maximum atomic E-state index is 12.5. The van der Waals surface area contributed by atoms with Crippen molar-refractivity contribution >= 4 is 23.6 Å². The van der Waals surface area contributed by atoms with Crippen molar-refractivity contribution in [3.8, 4) is 0 Å². The molecule has 2 atom stereocenters. The van der Waals surface area contributed by atoms with Crippen molar-refractivity contribution in [1.82, 2.24) is 10.2 Å². The summed E-state index contributed by atoms with van der Waals surface area (Å²) < 4.78 is 5.25. The number of hydrogen-bond donors (Lipinski definition) is 2. The molecule has 1 aromatic rings. The SMILES string of the molecule is CC[C@H]1CCCCN1C(=O)COC(=O)[C@H](NC(=O)Nc1ccccc1)C(C)C.